The Bertz CT molecular complexity index is 509. The van der Waals surface area contributed by atoms with Gasteiger partial charge in [0.1, 0.15) is 5.82 Å². The van der Waals surface area contributed by atoms with Gasteiger partial charge in [0.25, 0.3) is 0 Å². The quantitative estimate of drug-likeness (QED) is 0.841. The molecule has 0 spiro atoms. The molecular formula is C16H23N3O. The molecule has 0 radical (unpaired) electrons. The first-order chi connectivity index (χ1) is 9.66. The minimum atomic E-state index is -0.420. The number of imidazole rings is 1. The summed E-state index contributed by atoms with van der Waals surface area (Å²) in [5, 5.41) is 10.2. The molecule has 108 valence electrons. The molecule has 2 rings (SSSR count). The molecule has 0 unspecified atom stereocenters. The first-order valence-electron chi connectivity index (χ1n) is 7.06. The summed E-state index contributed by atoms with van der Waals surface area (Å²) in [6.07, 6.45) is 4.47. The first-order valence-corrected chi connectivity index (χ1v) is 7.06. The number of likely N-dealkylation sites (N-methyl/N-ethyl adjacent to an activating group) is 1. The van der Waals surface area contributed by atoms with Crippen LogP contribution in [0.15, 0.2) is 42.7 Å². The van der Waals surface area contributed by atoms with Crippen LogP contribution in [0.4, 0.5) is 0 Å². The van der Waals surface area contributed by atoms with Crippen LogP contribution >= 0.6 is 0 Å². The summed E-state index contributed by atoms with van der Waals surface area (Å²) in [4.78, 5) is 6.38. The monoisotopic (exact) mass is 273 g/mol. The Morgan fingerprint density at radius 3 is 2.70 bits per heavy atom. The van der Waals surface area contributed by atoms with Gasteiger partial charge in [0.05, 0.1) is 6.10 Å². The molecule has 0 aliphatic carbocycles. The van der Waals surface area contributed by atoms with Gasteiger partial charge in [0.2, 0.25) is 0 Å². The van der Waals surface area contributed by atoms with Crippen LogP contribution in [0.5, 0.6) is 0 Å². The van der Waals surface area contributed by atoms with Crippen molar-refractivity contribution in [3.05, 3.63) is 54.1 Å². The third-order valence-corrected chi connectivity index (χ3v) is 3.53. The Balaban J connectivity index is 1.73. The molecular weight excluding hydrogens is 250 g/mol. The van der Waals surface area contributed by atoms with Gasteiger partial charge in [-0.25, -0.2) is 4.98 Å². The van der Waals surface area contributed by atoms with E-state index in [2.05, 4.69) is 14.5 Å². The molecule has 0 bridgehead atoms. The first kappa shape index (κ1) is 14.8. The van der Waals surface area contributed by atoms with E-state index >= 15 is 0 Å². The van der Waals surface area contributed by atoms with Gasteiger partial charge in [0, 0.05) is 25.5 Å². The molecule has 20 heavy (non-hydrogen) atoms. The lowest BCUT2D eigenvalue weighted by Gasteiger charge is -2.21. The molecule has 1 atom stereocenters. The van der Waals surface area contributed by atoms with Crippen molar-refractivity contribution in [3.8, 4) is 0 Å². The van der Waals surface area contributed by atoms with Gasteiger partial charge in [0.15, 0.2) is 0 Å². The third-order valence-electron chi connectivity index (χ3n) is 3.53. The van der Waals surface area contributed by atoms with Crippen LogP contribution in [-0.4, -0.2) is 39.7 Å². The standard InChI is InChI=1S/C16H23N3O/c1-14-17-9-12-19(14)11-6-10-18(2)13-16(20)15-7-4-3-5-8-15/h3-5,7-9,12,16,20H,6,10-11,13H2,1-2H3/t16-/m1/s1. The van der Waals surface area contributed by atoms with E-state index < -0.39 is 6.10 Å². The lowest BCUT2D eigenvalue weighted by atomic mass is 10.1. The van der Waals surface area contributed by atoms with E-state index in [1.807, 2.05) is 56.7 Å². The number of benzene rings is 1. The summed E-state index contributed by atoms with van der Waals surface area (Å²) in [5.74, 6) is 1.05. The molecule has 0 amide bonds. The highest BCUT2D eigenvalue weighted by atomic mass is 16.3. The van der Waals surface area contributed by atoms with Crippen LogP contribution in [0.3, 0.4) is 0 Å². The maximum absolute atomic E-state index is 10.2. The van der Waals surface area contributed by atoms with E-state index in [1.54, 1.807) is 0 Å². The molecule has 1 heterocycles. The van der Waals surface area contributed by atoms with Gasteiger partial charge in [-0.15, -0.1) is 0 Å². The smallest absolute Gasteiger partial charge is 0.105 e. The van der Waals surface area contributed by atoms with Crippen LogP contribution < -0.4 is 0 Å². The van der Waals surface area contributed by atoms with Crippen molar-refractivity contribution in [2.75, 3.05) is 20.1 Å². The number of nitrogens with zero attached hydrogens (tertiary/aromatic N) is 3. The molecule has 0 saturated heterocycles. The van der Waals surface area contributed by atoms with Crippen molar-refractivity contribution >= 4 is 0 Å². The number of rotatable bonds is 7. The maximum atomic E-state index is 10.2. The molecule has 4 heteroatoms. The van der Waals surface area contributed by atoms with Gasteiger partial charge >= 0.3 is 0 Å². The number of aromatic nitrogens is 2. The van der Waals surface area contributed by atoms with E-state index in [4.69, 9.17) is 0 Å². The van der Waals surface area contributed by atoms with Crippen LogP contribution in [0.2, 0.25) is 0 Å². The van der Waals surface area contributed by atoms with Gasteiger partial charge in [-0.1, -0.05) is 30.3 Å². The van der Waals surface area contributed by atoms with E-state index in [0.29, 0.717) is 6.54 Å². The fourth-order valence-corrected chi connectivity index (χ4v) is 2.32. The zero-order valence-electron chi connectivity index (χ0n) is 12.2. The van der Waals surface area contributed by atoms with Gasteiger partial charge < -0.3 is 14.6 Å². The van der Waals surface area contributed by atoms with Crippen molar-refractivity contribution in [2.45, 2.75) is 26.0 Å². The normalized spacial score (nSPS) is 12.8. The molecule has 2 aromatic rings. The van der Waals surface area contributed by atoms with Gasteiger partial charge in [-0.2, -0.15) is 0 Å². The highest BCUT2D eigenvalue weighted by Crippen LogP contribution is 2.13. The number of aliphatic hydroxyl groups excluding tert-OH is 1. The van der Waals surface area contributed by atoms with E-state index in [0.717, 1.165) is 30.9 Å². The van der Waals surface area contributed by atoms with Crippen LogP contribution in [0.25, 0.3) is 0 Å². The summed E-state index contributed by atoms with van der Waals surface area (Å²) >= 11 is 0. The lowest BCUT2D eigenvalue weighted by molar-refractivity contribution is 0.125. The molecule has 0 saturated carbocycles. The number of aliphatic hydroxyl groups is 1. The SMILES string of the molecule is Cc1nccn1CCCN(C)C[C@@H](O)c1ccccc1. The Hall–Kier alpha value is -1.65. The maximum Gasteiger partial charge on any atom is 0.105 e. The van der Waals surface area contributed by atoms with Gasteiger partial charge in [-0.3, -0.25) is 0 Å². The number of hydrogen-bond acceptors (Lipinski definition) is 3. The predicted molar refractivity (Wildman–Crippen MR) is 80.5 cm³/mol. The molecule has 0 aliphatic rings. The van der Waals surface area contributed by atoms with E-state index in [1.165, 1.54) is 0 Å². The highest BCUT2D eigenvalue weighted by Gasteiger charge is 2.10. The van der Waals surface area contributed by atoms with Crippen molar-refractivity contribution in [3.63, 3.8) is 0 Å². The van der Waals surface area contributed by atoms with Crippen molar-refractivity contribution in [2.24, 2.45) is 0 Å². The van der Waals surface area contributed by atoms with E-state index in [-0.39, 0.29) is 0 Å². The number of aryl methyl sites for hydroxylation is 2. The van der Waals surface area contributed by atoms with Crippen LogP contribution in [0.1, 0.15) is 23.9 Å². The fraction of sp³-hybridized carbons (Fsp3) is 0.438. The highest BCUT2D eigenvalue weighted by molar-refractivity contribution is 5.17. The third kappa shape index (κ3) is 4.18. The second kappa shape index (κ2) is 7.22. The second-order valence-corrected chi connectivity index (χ2v) is 5.21. The molecule has 1 N–H and O–H groups in total. The van der Waals surface area contributed by atoms with Crippen molar-refractivity contribution in [1.82, 2.24) is 14.5 Å². The van der Waals surface area contributed by atoms with Crippen molar-refractivity contribution < 1.29 is 5.11 Å². The zero-order chi connectivity index (χ0) is 14.4. The van der Waals surface area contributed by atoms with Crippen LogP contribution in [-0.2, 0) is 6.54 Å². The minimum absolute atomic E-state index is 0.420. The molecule has 0 fully saturated rings. The summed E-state index contributed by atoms with van der Waals surface area (Å²) in [5.41, 5.74) is 0.977. The molecule has 0 aliphatic heterocycles. The predicted octanol–water partition coefficient (Wildman–Crippen LogP) is 2.25. The number of hydrogen-bond donors (Lipinski definition) is 1. The molecule has 1 aromatic carbocycles. The molecule has 4 nitrogen and oxygen atoms in total. The average Bonchev–Trinajstić information content (AvgIpc) is 2.85. The second-order valence-electron chi connectivity index (χ2n) is 5.21. The summed E-state index contributed by atoms with van der Waals surface area (Å²) in [6.45, 7) is 4.61. The fourth-order valence-electron chi connectivity index (χ4n) is 2.32. The minimum Gasteiger partial charge on any atom is -0.387 e. The Labute approximate surface area is 120 Å². The zero-order valence-corrected chi connectivity index (χ0v) is 12.2. The molecule has 1 aromatic heterocycles. The lowest BCUT2D eigenvalue weighted by Crippen LogP contribution is -2.26. The summed E-state index contributed by atoms with van der Waals surface area (Å²) in [6, 6.07) is 9.81. The Morgan fingerprint density at radius 2 is 2.05 bits per heavy atom. The van der Waals surface area contributed by atoms with Crippen molar-refractivity contribution in [1.29, 1.82) is 0 Å². The van der Waals surface area contributed by atoms with E-state index in [9.17, 15) is 5.11 Å². The Morgan fingerprint density at radius 1 is 1.30 bits per heavy atom. The summed E-state index contributed by atoms with van der Waals surface area (Å²) < 4.78 is 2.15. The average molecular weight is 273 g/mol. The topological polar surface area (TPSA) is 41.3 Å². The largest absolute Gasteiger partial charge is 0.387 e. The van der Waals surface area contributed by atoms with Gasteiger partial charge in [-0.05, 0) is 32.5 Å². The van der Waals surface area contributed by atoms with Crippen LogP contribution in [0, 0.1) is 6.92 Å². The Kier molecular flexibility index (Phi) is 5.32. The summed E-state index contributed by atoms with van der Waals surface area (Å²) in [7, 11) is 2.05.